The van der Waals surface area contributed by atoms with Crippen LogP contribution >= 0.6 is 0 Å². The maximum Gasteiger partial charge on any atom is 0.336 e. The van der Waals surface area contributed by atoms with E-state index in [1.807, 2.05) is 19.9 Å². The zero-order valence-electron chi connectivity index (χ0n) is 16.4. The van der Waals surface area contributed by atoms with Crippen molar-refractivity contribution in [2.24, 2.45) is 0 Å². The Morgan fingerprint density at radius 1 is 1.07 bits per heavy atom. The van der Waals surface area contributed by atoms with Crippen LogP contribution in [0.3, 0.4) is 0 Å². The van der Waals surface area contributed by atoms with Gasteiger partial charge < -0.3 is 19.2 Å². The first-order valence-corrected chi connectivity index (χ1v) is 8.99. The van der Waals surface area contributed by atoms with Gasteiger partial charge in [0.15, 0.2) is 0 Å². The highest BCUT2D eigenvalue weighted by Crippen LogP contribution is 2.22. The fraction of sp³-hybridized carbons (Fsp3) is 0.227. The van der Waals surface area contributed by atoms with Crippen LogP contribution in [-0.2, 0) is 16.1 Å². The van der Waals surface area contributed by atoms with Gasteiger partial charge in [0.05, 0.1) is 7.11 Å². The lowest BCUT2D eigenvalue weighted by molar-refractivity contribution is -0.143. The number of methoxy groups -OCH3 is 1. The number of fused-ring (bicyclic) bond motifs is 1. The predicted octanol–water partition coefficient (Wildman–Crippen LogP) is 2.89. The summed E-state index contributed by atoms with van der Waals surface area (Å²) >= 11 is 0. The van der Waals surface area contributed by atoms with Gasteiger partial charge >= 0.3 is 11.6 Å². The normalized spacial score (nSPS) is 10.6. The molecule has 7 nitrogen and oxygen atoms in total. The molecule has 0 unspecified atom stereocenters. The number of amides is 1. The number of nitrogens with one attached hydrogen (secondary N) is 1. The molecule has 0 aliphatic heterocycles. The molecule has 1 amide bonds. The van der Waals surface area contributed by atoms with Gasteiger partial charge in [0.1, 0.15) is 24.5 Å². The minimum atomic E-state index is -0.619. The van der Waals surface area contributed by atoms with E-state index in [9.17, 15) is 14.4 Å². The van der Waals surface area contributed by atoms with E-state index >= 15 is 0 Å². The molecule has 1 N–H and O–H groups in total. The third-order valence-electron chi connectivity index (χ3n) is 4.56. The fourth-order valence-electron chi connectivity index (χ4n) is 2.83. The van der Waals surface area contributed by atoms with Crippen molar-refractivity contribution in [1.82, 2.24) is 5.32 Å². The van der Waals surface area contributed by atoms with Crippen LogP contribution in [-0.4, -0.2) is 25.5 Å². The molecule has 0 atom stereocenters. The number of rotatable bonds is 6. The van der Waals surface area contributed by atoms with Crippen LogP contribution in [0.4, 0.5) is 0 Å². The number of hydrogen-bond donors (Lipinski definition) is 1. The molecule has 1 heterocycles. The van der Waals surface area contributed by atoms with Gasteiger partial charge in [0.2, 0.25) is 0 Å². The summed E-state index contributed by atoms with van der Waals surface area (Å²) in [6, 6.07) is 11.6. The molecular weight excluding hydrogens is 374 g/mol. The Morgan fingerprint density at radius 3 is 2.59 bits per heavy atom. The number of esters is 1. The first kappa shape index (κ1) is 20.1. The summed E-state index contributed by atoms with van der Waals surface area (Å²) in [6.07, 6.45) is 0. The minimum Gasteiger partial charge on any atom is -0.497 e. The number of benzene rings is 2. The van der Waals surface area contributed by atoms with Gasteiger partial charge in [-0.3, -0.25) is 9.59 Å². The standard InChI is InChI=1S/C22H21NO6/c1-13-7-18-16(10-20(24)29-19(18)8-14(13)2)12-28-21(25)11-23-22(26)15-5-4-6-17(9-15)27-3/h4-10H,11-12H2,1-3H3,(H,23,26). The van der Waals surface area contributed by atoms with Gasteiger partial charge in [0, 0.05) is 22.6 Å². The Balaban J connectivity index is 1.64. The summed E-state index contributed by atoms with van der Waals surface area (Å²) in [4.78, 5) is 36.0. The quantitative estimate of drug-likeness (QED) is 0.509. The van der Waals surface area contributed by atoms with E-state index in [4.69, 9.17) is 13.9 Å². The molecule has 3 aromatic rings. The fourth-order valence-corrected chi connectivity index (χ4v) is 2.83. The van der Waals surface area contributed by atoms with Crippen molar-refractivity contribution in [3.05, 3.63) is 75.1 Å². The molecular formula is C22H21NO6. The third kappa shape index (κ3) is 4.82. The average Bonchev–Trinajstić information content (AvgIpc) is 2.71. The highest BCUT2D eigenvalue weighted by atomic mass is 16.5. The Kier molecular flexibility index (Phi) is 5.97. The van der Waals surface area contributed by atoms with Gasteiger partial charge in [-0.25, -0.2) is 4.79 Å². The molecule has 0 radical (unpaired) electrons. The lowest BCUT2D eigenvalue weighted by Crippen LogP contribution is -2.30. The molecule has 3 rings (SSSR count). The molecule has 0 saturated carbocycles. The zero-order valence-corrected chi connectivity index (χ0v) is 16.4. The van der Waals surface area contributed by atoms with Gasteiger partial charge in [-0.15, -0.1) is 0 Å². The maximum absolute atomic E-state index is 12.2. The van der Waals surface area contributed by atoms with Gasteiger partial charge in [-0.1, -0.05) is 6.07 Å². The maximum atomic E-state index is 12.2. The molecule has 29 heavy (non-hydrogen) atoms. The summed E-state index contributed by atoms with van der Waals surface area (Å²) in [5.74, 6) is -0.496. The minimum absolute atomic E-state index is 0.0987. The molecule has 0 fully saturated rings. The van der Waals surface area contributed by atoms with E-state index < -0.39 is 17.5 Å². The molecule has 0 aliphatic rings. The van der Waals surface area contributed by atoms with Crippen molar-refractivity contribution in [2.75, 3.05) is 13.7 Å². The van der Waals surface area contributed by atoms with Crippen molar-refractivity contribution in [1.29, 1.82) is 0 Å². The summed E-state index contributed by atoms with van der Waals surface area (Å²) in [7, 11) is 1.51. The first-order valence-electron chi connectivity index (χ1n) is 8.99. The van der Waals surface area contributed by atoms with E-state index in [0.29, 0.717) is 27.8 Å². The highest BCUT2D eigenvalue weighted by Gasteiger charge is 2.12. The number of carbonyl (C=O) groups excluding carboxylic acids is 2. The lowest BCUT2D eigenvalue weighted by Gasteiger charge is -2.10. The summed E-state index contributed by atoms with van der Waals surface area (Å²) in [5, 5.41) is 3.21. The van der Waals surface area contributed by atoms with Crippen molar-refractivity contribution < 1.29 is 23.5 Å². The molecule has 0 saturated heterocycles. The third-order valence-corrected chi connectivity index (χ3v) is 4.56. The van der Waals surface area contributed by atoms with E-state index in [0.717, 1.165) is 11.1 Å². The Labute approximate surface area is 167 Å². The van der Waals surface area contributed by atoms with Gasteiger partial charge in [0.25, 0.3) is 5.91 Å². The van der Waals surface area contributed by atoms with Crippen LogP contribution in [0.15, 0.2) is 51.7 Å². The average molecular weight is 395 g/mol. The van der Waals surface area contributed by atoms with Crippen molar-refractivity contribution in [2.45, 2.75) is 20.5 Å². The van der Waals surface area contributed by atoms with Crippen molar-refractivity contribution in [3.63, 3.8) is 0 Å². The summed E-state index contributed by atoms with van der Waals surface area (Å²) in [6.45, 7) is 3.47. The summed E-state index contributed by atoms with van der Waals surface area (Å²) < 4.78 is 15.5. The number of ether oxygens (including phenoxy) is 2. The van der Waals surface area contributed by atoms with Gasteiger partial charge in [-0.2, -0.15) is 0 Å². The Hall–Kier alpha value is -3.61. The van der Waals surface area contributed by atoms with Crippen LogP contribution in [0.25, 0.3) is 11.0 Å². The predicted molar refractivity (Wildman–Crippen MR) is 107 cm³/mol. The Morgan fingerprint density at radius 2 is 1.83 bits per heavy atom. The van der Waals surface area contributed by atoms with Crippen LogP contribution in [0.1, 0.15) is 27.0 Å². The molecule has 0 bridgehead atoms. The smallest absolute Gasteiger partial charge is 0.336 e. The van der Waals surface area contributed by atoms with Crippen LogP contribution in [0.5, 0.6) is 5.75 Å². The molecule has 2 aromatic carbocycles. The van der Waals surface area contributed by atoms with Crippen LogP contribution in [0, 0.1) is 13.8 Å². The number of carbonyl (C=O) groups is 2. The lowest BCUT2D eigenvalue weighted by atomic mass is 10.0. The second-order valence-electron chi connectivity index (χ2n) is 6.60. The van der Waals surface area contributed by atoms with E-state index in [1.165, 1.54) is 13.2 Å². The SMILES string of the molecule is COc1cccc(C(=O)NCC(=O)OCc2cc(=O)oc3cc(C)c(C)cc23)c1. The monoisotopic (exact) mass is 395 g/mol. The van der Waals surface area contributed by atoms with Crippen LogP contribution in [0.2, 0.25) is 0 Å². The van der Waals surface area contributed by atoms with Crippen molar-refractivity contribution in [3.8, 4) is 5.75 Å². The molecule has 150 valence electrons. The summed E-state index contributed by atoms with van der Waals surface area (Å²) in [5.41, 5.74) is 2.87. The first-order chi connectivity index (χ1) is 13.9. The number of hydrogen-bond acceptors (Lipinski definition) is 6. The van der Waals surface area contributed by atoms with E-state index in [-0.39, 0.29) is 13.2 Å². The van der Waals surface area contributed by atoms with Gasteiger partial charge in [-0.05, 0) is 55.3 Å². The van der Waals surface area contributed by atoms with Crippen molar-refractivity contribution >= 4 is 22.8 Å². The molecule has 7 heteroatoms. The Bertz CT molecular complexity index is 1130. The zero-order chi connectivity index (χ0) is 21.0. The number of aryl methyl sites for hydroxylation is 2. The second-order valence-corrected chi connectivity index (χ2v) is 6.60. The highest BCUT2D eigenvalue weighted by molar-refractivity contribution is 5.96. The molecule has 0 aliphatic carbocycles. The van der Waals surface area contributed by atoms with E-state index in [2.05, 4.69) is 5.32 Å². The van der Waals surface area contributed by atoms with E-state index in [1.54, 1.807) is 30.3 Å². The van der Waals surface area contributed by atoms with Crippen LogP contribution < -0.4 is 15.7 Å². The molecule has 1 aromatic heterocycles. The topological polar surface area (TPSA) is 94.8 Å². The molecule has 0 spiro atoms. The largest absolute Gasteiger partial charge is 0.497 e. The second kappa shape index (κ2) is 8.60.